The van der Waals surface area contributed by atoms with Gasteiger partial charge in [0.1, 0.15) is 0 Å². The van der Waals surface area contributed by atoms with Crippen molar-refractivity contribution in [2.45, 2.75) is 19.3 Å². The van der Waals surface area contributed by atoms with Gasteiger partial charge in [-0.2, -0.15) is 0 Å². The number of fused-ring (bicyclic) bond motifs is 1. The number of nitrogens with zero attached hydrogens (tertiary/aromatic N) is 1. The van der Waals surface area contributed by atoms with Gasteiger partial charge in [-0.1, -0.05) is 6.58 Å². The summed E-state index contributed by atoms with van der Waals surface area (Å²) in [4.78, 5) is 15.8. The molecule has 0 aromatic carbocycles. The molecule has 1 aliphatic carbocycles. The number of rotatable bonds is 1. The molecule has 0 amide bonds. The van der Waals surface area contributed by atoms with Crippen LogP contribution < -0.4 is 0 Å². The molecule has 0 bridgehead atoms. The minimum atomic E-state index is 0.226. The van der Waals surface area contributed by atoms with E-state index in [1.807, 2.05) is 12.1 Å². The van der Waals surface area contributed by atoms with E-state index >= 15 is 0 Å². The molecule has 0 saturated heterocycles. The molecule has 0 N–H and O–H groups in total. The van der Waals surface area contributed by atoms with Gasteiger partial charge in [0.2, 0.25) is 0 Å². The Morgan fingerprint density at radius 2 is 2.23 bits per heavy atom. The molecule has 66 valence electrons. The third-order valence-electron chi connectivity index (χ3n) is 2.32. The minimum absolute atomic E-state index is 0.226. The molecule has 2 nitrogen and oxygen atoms in total. The second kappa shape index (κ2) is 3.13. The molecule has 0 fully saturated rings. The Morgan fingerprint density at radius 3 is 3.00 bits per heavy atom. The Hall–Kier alpha value is -1.44. The van der Waals surface area contributed by atoms with Gasteiger partial charge in [-0.25, -0.2) is 0 Å². The van der Waals surface area contributed by atoms with Gasteiger partial charge in [0.25, 0.3) is 0 Å². The van der Waals surface area contributed by atoms with Crippen LogP contribution in [-0.2, 0) is 6.42 Å². The molecule has 1 aromatic heterocycles. The van der Waals surface area contributed by atoms with Crippen molar-refractivity contribution in [2.24, 2.45) is 0 Å². The third-order valence-corrected chi connectivity index (χ3v) is 2.32. The monoisotopic (exact) mass is 173 g/mol. The van der Waals surface area contributed by atoms with Crippen LogP contribution >= 0.6 is 0 Å². The maximum absolute atomic E-state index is 11.4. The van der Waals surface area contributed by atoms with E-state index in [2.05, 4.69) is 11.6 Å². The molecule has 0 aliphatic heterocycles. The van der Waals surface area contributed by atoms with Crippen LogP contribution in [0.1, 0.15) is 34.6 Å². The fourth-order valence-corrected chi connectivity index (χ4v) is 1.63. The van der Waals surface area contributed by atoms with Crippen molar-refractivity contribution < 1.29 is 4.79 Å². The van der Waals surface area contributed by atoms with Crippen LogP contribution in [0.2, 0.25) is 0 Å². The number of aryl methyl sites for hydroxylation is 1. The van der Waals surface area contributed by atoms with Crippen LogP contribution in [-0.4, -0.2) is 10.8 Å². The smallest absolute Gasteiger partial charge is 0.164 e. The van der Waals surface area contributed by atoms with E-state index in [1.165, 1.54) is 0 Å². The molecular weight excluding hydrogens is 162 g/mol. The second-order valence-corrected chi connectivity index (χ2v) is 3.21. The number of carbonyl (C=O) groups is 1. The first-order valence-corrected chi connectivity index (χ1v) is 4.47. The zero-order valence-electron chi connectivity index (χ0n) is 7.42. The van der Waals surface area contributed by atoms with Gasteiger partial charge < -0.3 is 0 Å². The molecule has 0 unspecified atom stereocenters. The number of hydrogen-bond donors (Lipinski definition) is 0. The van der Waals surface area contributed by atoms with Crippen LogP contribution in [0.3, 0.4) is 0 Å². The Balaban J connectivity index is 2.51. The molecule has 0 saturated carbocycles. The van der Waals surface area contributed by atoms with Gasteiger partial charge in [0, 0.05) is 12.0 Å². The van der Waals surface area contributed by atoms with Crippen LogP contribution in [0.15, 0.2) is 18.7 Å². The Kier molecular flexibility index (Phi) is 1.97. The summed E-state index contributed by atoms with van der Waals surface area (Å²) in [5, 5.41) is 0. The van der Waals surface area contributed by atoms with Gasteiger partial charge in [-0.05, 0) is 31.1 Å². The lowest BCUT2D eigenvalue weighted by atomic mass is 9.94. The predicted molar refractivity (Wildman–Crippen MR) is 51.6 cm³/mol. The van der Waals surface area contributed by atoms with Crippen molar-refractivity contribution in [3.05, 3.63) is 35.7 Å². The number of hydrogen-bond acceptors (Lipinski definition) is 2. The molecule has 2 heteroatoms. The highest BCUT2D eigenvalue weighted by atomic mass is 16.1. The summed E-state index contributed by atoms with van der Waals surface area (Å²) in [5.41, 5.74) is 2.60. The highest BCUT2D eigenvalue weighted by Gasteiger charge is 2.17. The predicted octanol–water partition coefficient (Wildman–Crippen LogP) is 2.24. The quantitative estimate of drug-likeness (QED) is 0.652. The summed E-state index contributed by atoms with van der Waals surface area (Å²) in [5.74, 6) is 0.226. The third kappa shape index (κ3) is 1.39. The molecule has 1 aliphatic rings. The average molecular weight is 173 g/mol. The van der Waals surface area contributed by atoms with E-state index in [4.69, 9.17) is 0 Å². The maximum atomic E-state index is 11.4. The lowest BCUT2D eigenvalue weighted by molar-refractivity contribution is 0.0971. The lowest BCUT2D eigenvalue weighted by Crippen LogP contribution is -2.12. The Morgan fingerprint density at radius 1 is 1.38 bits per heavy atom. The normalized spacial score (nSPS) is 15.2. The molecule has 1 aromatic rings. The summed E-state index contributed by atoms with van der Waals surface area (Å²) in [6.45, 7) is 3.65. The number of ketones is 1. The number of Topliss-reactive ketones (excluding diaryl/α,β-unsaturated/α-hetero) is 1. The van der Waals surface area contributed by atoms with Gasteiger partial charge in [0.05, 0.1) is 11.4 Å². The minimum Gasteiger partial charge on any atom is -0.294 e. The number of carbonyl (C=O) groups excluding carboxylic acids is 1. The van der Waals surface area contributed by atoms with E-state index in [9.17, 15) is 4.79 Å². The molecular formula is C11H11NO. The van der Waals surface area contributed by atoms with Crippen molar-refractivity contribution in [3.8, 4) is 0 Å². The van der Waals surface area contributed by atoms with Crippen molar-refractivity contribution in [3.63, 3.8) is 0 Å². The molecule has 1 heterocycles. The second-order valence-electron chi connectivity index (χ2n) is 3.21. The fourth-order valence-electron chi connectivity index (χ4n) is 1.63. The van der Waals surface area contributed by atoms with E-state index in [-0.39, 0.29) is 5.78 Å². The van der Waals surface area contributed by atoms with E-state index in [0.717, 1.165) is 29.8 Å². The van der Waals surface area contributed by atoms with Gasteiger partial charge in [-0.3, -0.25) is 9.78 Å². The Labute approximate surface area is 77.3 Å². The van der Waals surface area contributed by atoms with Gasteiger partial charge in [0.15, 0.2) is 5.78 Å². The SMILES string of the molecule is C=Cc1ccc2c(n1)CCCC2=O. The van der Waals surface area contributed by atoms with Crippen molar-refractivity contribution in [1.82, 2.24) is 4.98 Å². The topological polar surface area (TPSA) is 30.0 Å². The molecule has 0 atom stereocenters. The summed E-state index contributed by atoms with van der Waals surface area (Å²) in [6, 6.07) is 3.70. The largest absolute Gasteiger partial charge is 0.294 e. The molecule has 13 heavy (non-hydrogen) atoms. The van der Waals surface area contributed by atoms with E-state index < -0.39 is 0 Å². The molecule has 0 spiro atoms. The van der Waals surface area contributed by atoms with Crippen molar-refractivity contribution in [2.75, 3.05) is 0 Å². The highest BCUT2D eigenvalue weighted by molar-refractivity contribution is 5.98. The van der Waals surface area contributed by atoms with Crippen LogP contribution in [0, 0.1) is 0 Å². The van der Waals surface area contributed by atoms with Crippen molar-refractivity contribution in [1.29, 1.82) is 0 Å². The highest BCUT2D eigenvalue weighted by Crippen LogP contribution is 2.19. The number of pyridine rings is 1. The first-order valence-electron chi connectivity index (χ1n) is 4.47. The standard InChI is InChI=1S/C11H11NO/c1-2-8-6-7-9-10(12-8)4-3-5-11(9)13/h2,6-7H,1,3-5H2. The van der Waals surface area contributed by atoms with E-state index in [0.29, 0.717) is 6.42 Å². The first-order chi connectivity index (χ1) is 6.31. The van der Waals surface area contributed by atoms with Crippen LogP contribution in [0.25, 0.3) is 6.08 Å². The van der Waals surface area contributed by atoms with Crippen LogP contribution in [0.4, 0.5) is 0 Å². The first kappa shape index (κ1) is 8.17. The fraction of sp³-hybridized carbons (Fsp3) is 0.273. The Bertz CT molecular complexity index is 368. The zero-order chi connectivity index (χ0) is 9.26. The summed E-state index contributed by atoms with van der Waals surface area (Å²) >= 11 is 0. The summed E-state index contributed by atoms with van der Waals surface area (Å²) in [6.07, 6.45) is 4.23. The zero-order valence-corrected chi connectivity index (χ0v) is 7.42. The molecule has 0 radical (unpaired) electrons. The van der Waals surface area contributed by atoms with Gasteiger partial charge in [-0.15, -0.1) is 0 Å². The summed E-state index contributed by atoms with van der Waals surface area (Å²) < 4.78 is 0. The number of aromatic nitrogens is 1. The van der Waals surface area contributed by atoms with Crippen LogP contribution in [0.5, 0.6) is 0 Å². The lowest BCUT2D eigenvalue weighted by Gasteiger charge is -2.13. The average Bonchev–Trinajstić information content (AvgIpc) is 2.18. The summed E-state index contributed by atoms with van der Waals surface area (Å²) in [7, 11) is 0. The maximum Gasteiger partial charge on any atom is 0.164 e. The van der Waals surface area contributed by atoms with Gasteiger partial charge >= 0.3 is 0 Å². The van der Waals surface area contributed by atoms with E-state index in [1.54, 1.807) is 6.08 Å². The molecule has 2 rings (SSSR count). The van der Waals surface area contributed by atoms with Crippen molar-refractivity contribution >= 4 is 11.9 Å².